The maximum Gasteiger partial charge on any atom is 0.416 e. The van der Waals surface area contributed by atoms with Gasteiger partial charge < -0.3 is 10.1 Å². The van der Waals surface area contributed by atoms with Gasteiger partial charge in [-0.15, -0.1) is 0 Å². The largest absolute Gasteiger partial charge is 0.492 e. The van der Waals surface area contributed by atoms with Crippen LogP contribution in [-0.4, -0.2) is 39.3 Å². The standard InChI is InChI=1S/C18H19F3N2O4S/c1-4-27-15-10-9-14(11-16(15)28(25,26)23(2)3)22-17(24)12-5-7-13(8-6-12)18(19,20)21/h5-11H,4H2,1-3H3,(H,22,24). The molecule has 0 aliphatic carbocycles. The smallest absolute Gasteiger partial charge is 0.416 e. The van der Waals surface area contributed by atoms with Crippen LogP contribution in [-0.2, 0) is 16.2 Å². The first kappa shape index (κ1) is 21.7. The first-order valence-electron chi connectivity index (χ1n) is 8.14. The molecule has 0 radical (unpaired) electrons. The van der Waals surface area contributed by atoms with E-state index in [0.717, 1.165) is 28.6 Å². The molecule has 2 aromatic rings. The quantitative estimate of drug-likeness (QED) is 0.781. The van der Waals surface area contributed by atoms with E-state index in [4.69, 9.17) is 4.74 Å². The van der Waals surface area contributed by atoms with Crippen LogP contribution in [0.5, 0.6) is 5.75 Å². The van der Waals surface area contributed by atoms with Crippen LogP contribution in [0.1, 0.15) is 22.8 Å². The van der Waals surface area contributed by atoms with Gasteiger partial charge in [-0.05, 0) is 49.4 Å². The van der Waals surface area contributed by atoms with Crippen molar-refractivity contribution in [2.45, 2.75) is 18.0 Å². The van der Waals surface area contributed by atoms with Crippen molar-refractivity contribution < 1.29 is 31.1 Å². The van der Waals surface area contributed by atoms with Gasteiger partial charge in [-0.1, -0.05) is 0 Å². The predicted molar refractivity (Wildman–Crippen MR) is 97.9 cm³/mol. The second kappa shape index (κ2) is 8.19. The Kier molecular flexibility index (Phi) is 6.35. The lowest BCUT2D eigenvalue weighted by molar-refractivity contribution is -0.137. The highest BCUT2D eigenvalue weighted by Gasteiger charge is 2.30. The Morgan fingerprint density at radius 3 is 2.21 bits per heavy atom. The summed E-state index contributed by atoms with van der Waals surface area (Å²) in [5, 5.41) is 2.48. The molecule has 0 saturated heterocycles. The summed E-state index contributed by atoms with van der Waals surface area (Å²) >= 11 is 0. The molecule has 0 spiro atoms. The van der Waals surface area contributed by atoms with Crippen LogP contribution < -0.4 is 10.1 Å². The van der Waals surface area contributed by atoms with Crippen LogP contribution >= 0.6 is 0 Å². The number of benzene rings is 2. The van der Waals surface area contributed by atoms with Gasteiger partial charge in [0.2, 0.25) is 10.0 Å². The van der Waals surface area contributed by atoms with E-state index in [1.54, 1.807) is 6.92 Å². The van der Waals surface area contributed by atoms with Crippen molar-refractivity contribution in [3.05, 3.63) is 53.6 Å². The third kappa shape index (κ3) is 4.82. The summed E-state index contributed by atoms with van der Waals surface area (Å²) in [4.78, 5) is 12.2. The Bertz CT molecular complexity index is 956. The molecule has 0 aliphatic heterocycles. The number of ether oxygens (including phenoxy) is 1. The minimum absolute atomic E-state index is 0.00102. The molecule has 152 valence electrons. The second-order valence-corrected chi connectivity index (χ2v) is 8.03. The van der Waals surface area contributed by atoms with Crippen molar-refractivity contribution in [2.75, 3.05) is 26.0 Å². The zero-order valence-electron chi connectivity index (χ0n) is 15.4. The molecule has 0 aliphatic rings. The average molecular weight is 416 g/mol. The van der Waals surface area contributed by atoms with Crippen LogP contribution in [0.25, 0.3) is 0 Å². The third-order valence-corrected chi connectivity index (χ3v) is 5.57. The number of hydrogen-bond donors (Lipinski definition) is 1. The minimum Gasteiger partial charge on any atom is -0.492 e. The molecule has 0 heterocycles. The SMILES string of the molecule is CCOc1ccc(NC(=O)c2ccc(C(F)(F)F)cc2)cc1S(=O)(=O)N(C)C. The Morgan fingerprint density at radius 2 is 1.71 bits per heavy atom. The number of alkyl halides is 3. The number of sulfonamides is 1. The van der Waals surface area contributed by atoms with E-state index in [-0.39, 0.29) is 28.5 Å². The van der Waals surface area contributed by atoms with Gasteiger partial charge in [0.15, 0.2) is 0 Å². The van der Waals surface area contributed by atoms with Crippen LogP contribution in [0.4, 0.5) is 18.9 Å². The predicted octanol–water partition coefficient (Wildman–Crippen LogP) is 3.61. The van der Waals surface area contributed by atoms with Gasteiger partial charge in [-0.3, -0.25) is 4.79 Å². The van der Waals surface area contributed by atoms with Crippen LogP contribution in [0.15, 0.2) is 47.4 Å². The molecule has 2 aromatic carbocycles. The van der Waals surface area contributed by atoms with Crippen molar-refractivity contribution >= 4 is 21.6 Å². The first-order valence-corrected chi connectivity index (χ1v) is 9.58. The Morgan fingerprint density at radius 1 is 1.11 bits per heavy atom. The topological polar surface area (TPSA) is 75.7 Å². The van der Waals surface area contributed by atoms with E-state index in [0.29, 0.717) is 0 Å². The summed E-state index contributed by atoms with van der Waals surface area (Å²) in [5.74, 6) is -0.546. The number of carbonyl (C=O) groups excluding carboxylic acids is 1. The van der Waals surface area contributed by atoms with Crippen LogP contribution in [0.2, 0.25) is 0 Å². The van der Waals surface area contributed by atoms with Crippen molar-refractivity contribution in [1.82, 2.24) is 4.31 Å². The minimum atomic E-state index is -4.50. The number of halogens is 3. The number of rotatable bonds is 6. The third-order valence-electron chi connectivity index (χ3n) is 3.73. The summed E-state index contributed by atoms with van der Waals surface area (Å²) in [7, 11) is -1.12. The second-order valence-electron chi connectivity index (χ2n) is 5.91. The molecule has 0 saturated carbocycles. The summed E-state index contributed by atoms with van der Waals surface area (Å²) in [6, 6.07) is 7.78. The normalized spacial score (nSPS) is 12.1. The average Bonchev–Trinajstić information content (AvgIpc) is 2.62. The van der Waals surface area contributed by atoms with Gasteiger partial charge in [-0.25, -0.2) is 12.7 Å². The molecule has 0 atom stereocenters. The van der Waals surface area contributed by atoms with Gasteiger partial charge in [0.25, 0.3) is 5.91 Å². The van der Waals surface area contributed by atoms with Crippen LogP contribution in [0, 0.1) is 0 Å². The molecule has 0 aromatic heterocycles. The molecule has 0 fully saturated rings. The molecule has 1 N–H and O–H groups in total. The fraction of sp³-hybridized carbons (Fsp3) is 0.278. The monoisotopic (exact) mass is 416 g/mol. The zero-order chi connectivity index (χ0) is 21.1. The Labute approximate surface area is 161 Å². The fourth-order valence-electron chi connectivity index (χ4n) is 2.27. The number of anilines is 1. The number of carbonyl (C=O) groups is 1. The highest BCUT2D eigenvalue weighted by atomic mass is 32.2. The van der Waals surface area contributed by atoms with Gasteiger partial charge in [0, 0.05) is 25.3 Å². The van der Waals surface area contributed by atoms with Gasteiger partial charge in [0.1, 0.15) is 10.6 Å². The summed E-state index contributed by atoms with van der Waals surface area (Å²) in [6.07, 6.45) is -4.50. The van der Waals surface area contributed by atoms with Crippen molar-refractivity contribution in [3.63, 3.8) is 0 Å². The van der Waals surface area contributed by atoms with E-state index >= 15 is 0 Å². The maximum absolute atomic E-state index is 12.6. The highest BCUT2D eigenvalue weighted by Crippen LogP contribution is 2.30. The van der Waals surface area contributed by atoms with E-state index in [1.165, 1.54) is 32.3 Å². The van der Waals surface area contributed by atoms with E-state index in [9.17, 15) is 26.4 Å². The lowest BCUT2D eigenvalue weighted by Gasteiger charge is -2.16. The molecule has 28 heavy (non-hydrogen) atoms. The van der Waals surface area contributed by atoms with Gasteiger partial charge in [0.05, 0.1) is 12.2 Å². The lowest BCUT2D eigenvalue weighted by atomic mass is 10.1. The van der Waals surface area contributed by atoms with E-state index < -0.39 is 27.7 Å². The van der Waals surface area contributed by atoms with Crippen molar-refractivity contribution in [3.8, 4) is 5.75 Å². The fourth-order valence-corrected chi connectivity index (χ4v) is 3.32. The molecule has 1 amide bonds. The molecule has 10 heteroatoms. The lowest BCUT2D eigenvalue weighted by Crippen LogP contribution is -2.23. The highest BCUT2D eigenvalue weighted by molar-refractivity contribution is 7.89. The van der Waals surface area contributed by atoms with Gasteiger partial charge >= 0.3 is 6.18 Å². The number of nitrogens with one attached hydrogen (secondary N) is 1. The van der Waals surface area contributed by atoms with E-state index in [1.807, 2.05) is 0 Å². The molecular weight excluding hydrogens is 397 g/mol. The van der Waals surface area contributed by atoms with Crippen molar-refractivity contribution in [1.29, 1.82) is 0 Å². The zero-order valence-corrected chi connectivity index (χ0v) is 16.2. The Hall–Kier alpha value is -2.59. The number of nitrogens with zero attached hydrogens (tertiary/aromatic N) is 1. The molecule has 6 nitrogen and oxygen atoms in total. The summed E-state index contributed by atoms with van der Waals surface area (Å²) in [6.45, 7) is 1.94. The van der Waals surface area contributed by atoms with Crippen molar-refractivity contribution in [2.24, 2.45) is 0 Å². The summed E-state index contributed by atoms with van der Waals surface area (Å²) in [5.41, 5.74) is -0.711. The number of amides is 1. The molecule has 0 bridgehead atoms. The number of hydrogen-bond acceptors (Lipinski definition) is 4. The van der Waals surface area contributed by atoms with Gasteiger partial charge in [-0.2, -0.15) is 13.2 Å². The summed E-state index contributed by atoms with van der Waals surface area (Å²) < 4.78 is 69.2. The van der Waals surface area contributed by atoms with Crippen LogP contribution in [0.3, 0.4) is 0 Å². The molecular formula is C18H19F3N2O4S. The first-order chi connectivity index (χ1) is 13.0. The van der Waals surface area contributed by atoms with E-state index in [2.05, 4.69) is 5.32 Å². The molecule has 0 unspecified atom stereocenters. The Balaban J connectivity index is 2.32. The maximum atomic E-state index is 12.6. The molecule has 2 rings (SSSR count).